The minimum Gasteiger partial charge on any atom is -0.379 e. The standard InChI is InChI=1S/C20H19ClN6O2/c21-16-3-1-14(2-4-16)12-26-18-17(19-23-13-24-27(19)20(26)28)9-15(10-22-18)11-25-5-7-29-8-6-25/h1-4,9-10,13H,5-8,11-12H2/p+1. The van der Waals surface area contributed by atoms with Gasteiger partial charge in [-0.3, -0.25) is 9.47 Å². The lowest BCUT2D eigenvalue weighted by Crippen LogP contribution is -2.35. The van der Waals surface area contributed by atoms with E-state index in [1.165, 1.54) is 10.8 Å². The Kier molecular flexibility index (Phi) is 4.75. The van der Waals surface area contributed by atoms with Gasteiger partial charge in [0.1, 0.15) is 0 Å². The van der Waals surface area contributed by atoms with Gasteiger partial charge in [-0.2, -0.15) is 0 Å². The first-order valence-corrected chi connectivity index (χ1v) is 9.88. The predicted octanol–water partition coefficient (Wildman–Crippen LogP) is 1.39. The van der Waals surface area contributed by atoms with Gasteiger partial charge in [-0.15, -0.1) is 0 Å². The molecule has 1 saturated heterocycles. The fraction of sp³-hybridized carbons (Fsp3) is 0.300. The highest BCUT2D eigenvalue weighted by Gasteiger charge is 2.20. The Morgan fingerprint density at radius 1 is 1.10 bits per heavy atom. The third-order valence-electron chi connectivity index (χ3n) is 5.20. The number of H-pyrrole nitrogens is 1. The summed E-state index contributed by atoms with van der Waals surface area (Å²) in [6.07, 6.45) is 3.37. The fourth-order valence-corrected chi connectivity index (χ4v) is 3.84. The third-order valence-corrected chi connectivity index (χ3v) is 5.45. The molecule has 1 aromatic carbocycles. The van der Waals surface area contributed by atoms with Crippen molar-refractivity contribution in [2.24, 2.45) is 0 Å². The molecule has 0 radical (unpaired) electrons. The fourth-order valence-electron chi connectivity index (χ4n) is 3.72. The number of nitrogens with zero attached hydrogens (tertiary/aromatic N) is 5. The highest BCUT2D eigenvalue weighted by atomic mass is 35.5. The summed E-state index contributed by atoms with van der Waals surface area (Å²) >= 11 is 5.99. The molecular formula is C20H20ClN6O2+. The van der Waals surface area contributed by atoms with Crippen molar-refractivity contribution in [3.05, 3.63) is 69.5 Å². The Morgan fingerprint density at radius 2 is 1.90 bits per heavy atom. The van der Waals surface area contributed by atoms with Crippen molar-refractivity contribution in [1.29, 1.82) is 0 Å². The molecule has 3 aromatic heterocycles. The zero-order valence-corrected chi connectivity index (χ0v) is 16.5. The molecule has 9 heteroatoms. The van der Waals surface area contributed by atoms with E-state index in [2.05, 4.69) is 26.0 Å². The van der Waals surface area contributed by atoms with Crippen LogP contribution in [0.3, 0.4) is 0 Å². The van der Waals surface area contributed by atoms with E-state index in [1.54, 1.807) is 4.57 Å². The van der Waals surface area contributed by atoms with Crippen LogP contribution in [-0.2, 0) is 17.8 Å². The van der Waals surface area contributed by atoms with Crippen molar-refractivity contribution in [2.45, 2.75) is 13.1 Å². The average Bonchev–Trinajstić information content (AvgIpc) is 3.24. The topological polar surface area (TPSA) is 78.8 Å². The molecule has 1 aliphatic rings. The maximum absolute atomic E-state index is 13.0. The maximum atomic E-state index is 13.0. The number of rotatable bonds is 4. The van der Waals surface area contributed by atoms with Crippen LogP contribution in [-0.4, -0.2) is 50.4 Å². The third kappa shape index (κ3) is 3.50. The van der Waals surface area contributed by atoms with Crippen LogP contribution in [0.25, 0.3) is 16.7 Å². The van der Waals surface area contributed by atoms with E-state index >= 15 is 0 Å². The predicted molar refractivity (Wildman–Crippen MR) is 108 cm³/mol. The molecule has 1 aliphatic heterocycles. The van der Waals surface area contributed by atoms with E-state index in [0.717, 1.165) is 49.4 Å². The summed E-state index contributed by atoms with van der Waals surface area (Å²) in [4.78, 5) is 23.1. The number of halogens is 1. The van der Waals surface area contributed by atoms with Gasteiger partial charge in [-0.1, -0.05) is 23.7 Å². The highest BCUT2D eigenvalue weighted by molar-refractivity contribution is 6.30. The lowest BCUT2D eigenvalue weighted by molar-refractivity contribution is -0.345. The van der Waals surface area contributed by atoms with Gasteiger partial charge in [0.25, 0.3) is 12.0 Å². The molecule has 148 valence electrons. The number of hydrogen-bond donors (Lipinski definition) is 0. The number of benzene rings is 1. The van der Waals surface area contributed by atoms with Gasteiger partial charge in [0.2, 0.25) is 0 Å². The Hall–Kier alpha value is -2.81. The molecule has 4 heterocycles. The highest BCUT2D eigenvalue weighted by Crippen LogP contribution is 2.18. The Balaban J connectivity index is 1.60. The number of hydrogen-bond acceptors (Lipinski definition) is 5. The Bertz CT molecular complexity index is 1230. The average molecular weight is 412 g/mol. The zero-order chi connectivity index (χ0) is 19.8. The molecule has 0 bridgehead atoms. The number of fused-ring (bicyclic) bond motifs is 3. The minimum absolute atomic E-state index is 0.239. The SMILES string of the molecule is O=c1n(Cc2ccc(Cl)cc2)c2ncc(CN3CCOCC3)cc2c2[nH+]cnn12. The smallest absolute Gasteiger partial charge is 0.379 e. The van der Waals surface area contributed by atoms with Gasteiger partial charge in [0.05, 0.1) is 25.1 Å². The summed E-state index contributed by atoms with van der Waals surface area (Å²) in [6, 6.07) is 9.54. The molecular weight excluding hydrogens is 392 g/mol. The van der Waals surface area contributed by atoms with E-state index in [0.29, 0.717) is 22.9 Å². The molecule has 0 aliphatic carbocycles. The zero-order valence-electron chi connectivity index (χ0n) is 15.7. The van der Waals surface area contributed by atoms with Gasteiger partial charge in [-0.25, -0.2) is 14.8 Å². The van der Waals surface area contributed by atoms with Crippen LogP contribution >= 0.6 is 11.6 Å². The largest absolute Gasteiger partial charge is 0.425 e. The molecule has 1 fully saturated rings. The van der Waals surface area contributed by atoms with Crippen LogP contribution < -0.4 is 10.7 Å². The second kappa shape index (κ2) is 7.55. The van der Waals surface area contributed by atoms with Crippen molar-refractivity contribution in [1.82, 2.24) is 24.1 Å². The minimum atomic E-state index is -0.239. The maximum Gasteiger partial charge on any atom is 0.425 e. The lowest BCUT2D eigenvalue weighted by Gasteiger charge is -2.26. The molecule has 0 saturated carbocycles. The van der Waals surface area contributed by atoms with Crippen molar-refractivity contribution < 1.29 is 9.72 Å². The van der Waals surface area contributed by atoms with Gasteiger partial charge in [0, 0.05) is 36.0 Å². The molecule has 8 nitrogen and oxygen atoms in total. The summed E-state index contributed by atoms with van der Waals surface area (Å²) in [5, 5.41) is 5.71. The van der Waals surface area contributed by atoms with Gasteiger partial charge in [-0.05, 0) is 33.8 Å². The molecule has 0 amide bonds. The second-order valence-corrected chi connectivity index (χ2v) is 7.58. The first-order valence-electron chi connectivity index (χ1n) is 9.50. The van der Waals surface area contributed by atoms with Crippen molar-refractivity contribution >= 4 is 28.3 Å². The Labute approximate surface area is 171 Å². The summed E-state index contributed by atoms with van der Waals surface area (Å²) in [6.45, 7) is 4.50. The number of aromatic amines is 1. The number of aromatic nitrogens is 5. The quantitative estimate of drug-likeness (QED) is 0.507. The van der Waals surface area contributed by atoms with Crippen molar-refractivity contribution in [3.8, 4) is 0 Å². The number of nitrogens with one attached hydrogen (secondary N) is 1. The molecule has 0 unspecified atom stereocenters. The first kappa shape index (κ1) is 18.2. The van der Waals surface area contributed by atoms with Crippen LogP contribution in [0.2, 0.25) is 5.02 Å². The monoisotopic (exact) mass is 411 g/mol. The van der Waals surface area contributed by atoms with E-state index < -0.39 is 0 Å². The normalized spacial score (nSPS) is 15.3. The van der Waals surface area contributed by atoms with Gasteiger partial charge < -0.3 is 4.74 Å². The van der Waals surface area contributed by atoms with E-state index in [1.807, 2.05) is 30.5 Å². The van der Waals surface area contributed by atoms with E-state index in [-0.39, 0.29) is 5.69 Å². The van der Waals surface area contributed by atoms with Crippen molar-refractivity contribution in [2.75, 3.05) is 26.3 Å². The van der Waals surface area contributed by atoms with E-state index in [9.17, 15) is 4.79 Å². The molecule has 0 spiro atoms. The van der Waals surface area contributed by atoms with Gasteiger partial charge >= 0.3 is 5.69 Å². The molecule has 29 heavy (non-hydrogen) atoms. The number of morpholine rings is 1. The summed E-state index contributed by atoms with van der Waals surface area (Å²) in [7, 11) is 0. The van der Waals surface area contributed by atoms with Crippen molar-refractivity contribution in [3.63, 3.8) is 0 Å². The number of pyridine rings is 1. The molecule has 4 aromatic rings. The van der Waals surface area contributed by atoms with E-state index in [4.69, 9.17) is 16.3 Å². The summed E-state index contributed by atoms with van der Waals surface area (Å²) in [5.41, 5.74) is 3.09. The van der Waals surface area contributed by atoms with Crippen LogP contribution in [0.5, 0.6) is 0 Å². The van der Waals surface area contributed by atoms with Crippen LogP contribution in [0.1, 0.15) is 11.1 Å². The summed E-state index contributed by atoms with van der Waals surface area (Å²) in [5.74, 6) is 0. The van der Waals surface area contributed by atoms with Crippen LogP contribution in [0, 0.1) is 0 Å². The Morgan fingerprint density at radius 3 is 2.69 bits per heavy atom. The molecule has 5 rings (SSSR count). The first-order chi connectivity index (χ1) is 14.2. The lowest BCUT2D eigenvalue weighted by atomic mass is 10.2. The van der Waals surface area contributed by atoms with Gasteiger partial charge in [0.15, 0.2) is 5.65 Å². The number of ether oxygens (including phenoxy) is 1. The molecule has 0 atom stereocenters. The van der Waals surface area contributed by atoms with Crippen LogP contribution in [0.4, 0.5) is 0 Å². The van der Waals surface area contributed by atoms with Crippen LogP contribution in [0.15, 0.2) is 47.7 Å². The molecule has 1 N–H and O–H groups in total. The second-order valence-electron chi connectivity index (χ2n) is 7.15. The summed E-state index contributed by atoms with van der Waals surface area (Å²) < 4.78 is 8.46.